The molecule has 1 aromatic heterocycles. The lowest BCUT2D eigenvalue weighted by atomic mass is 9.90. The van der Waals surface area contributed by atoms with Gasteiger partial charge in [-0.05, 0) is 37.0 Å². The number of nitrogens with zero attached hydrogens (tertiary/aromatic N) is 1. The SMILES string of the molecule is Cc1cnccc1C(O)C1CCCOC1. The fourth-order valence-electron chi connectivity index (χ4n) is 2.08. The van der Waals surface area contributed by atoms with Gasteiger partial charge in [0.05, 0.1) is 12.7 Å². The van der Waals surface area contributed by atoms with Crippen LogP contribution in [0.2, 0.25) is 0 Å². The lowest BCUT2D eigenvalue weighted by molar-refractivity contribution is -0.0102. The first-order chi connectivity index (χ1) is 7.29. The summed E-state index contributed by atoms with van der Waals surface area (Å²) >= 11 is 0. The molecule has 0 aromatic carbocycles. The van der Waals surface area contributed by atoms with Gasteiger partial charge in [0.15, 0.2) is 0 Å². The van der Waals surface area contributed by atoms with Crippen LogP contribution in [0.5, 0.6) is 0 Å². The number of aromatic nitrogens is 1. The number of hydrogen-bond acceptors (Lipinski definition) is 3. The molecular weight excluding hydrogens is 190 g/mol. The van der Waals surface area contributed by atoms with Crippen molar-refractivity contribution in [1.82, 2.24) is 4.98 Å². The number of aryl methyl sites for hydroxylation is 1. The maximum Gasteiger partial charge on any atom is 0.0843 e. The fourth-order valence-corrected chi connectivity index (χ4v) is 2.08. The van der Waals surface area contributed by atoms with E-state index in [1.807, 2.05) is 13.0 Å². The molecular formula is C12H17NO2. The summed E-state index contributed by atoms with van der Waals surface area (Å²) in [5.41, 5.74) is 2.04. The van der Waals surface area contributed by atoms with Gasteiger partial charge in [0, 0.05) is 24.9 Å². The molecule has 1 aliphatic rings. The quantitative estimate of drug-likeness (QED) is 0.804. The van der Waals surface area contributed by atoms with Crippen LogP contribution in [-0.4, -0.2) is 23.3 Å². The van der Waals surface area contributed by atoms with Crippen molar-refractivity contribution in [3.8, 4) is 0 Å². The molecule has 3 nitrogen and oxygen atoms in total. The smallest absolute Gasteiger partial charge is 0.0843 e. The molecule has 1 aliphatic heterocycles. The first-order valence-corrected chi connectivity index (χ1v) is 5.45. The summed E-state index contributed by atoms with van der Waals surface area (Å²) < 4.78 is 5.39. The van der Waals surface area contributed by atoms with Crippen molar-refractivity contribution in [2.24, 2.45) is 5.92 Å². The molecule has 0 amide bonds. The van der Waals surface area contributed by atoms with Gasteiger partial charge in [-0.3, -0.25) is 4.98 Å². The van der Waals surface area contributed by atoms with E-state index in [0.717, 1.165) is 30.6 Å². The zero-order valence-corrected chi connectivity index (χ0v) is 9.02. The Bertz CT molecular complexity index is 321. The molecule has 82 valence electrons. The van der Waals surface area contributed by atoms with Crippen LogP contribution in [0.4, 0.5) is 0 Å². The highest BCUT2D eigenvalue weighted by Crippen LogP contribution is 2.29. The molecule has 2 rings (SSSR count). The number of hydrogen-bond donors (Lipinski definition) is 1. The average molecular weight is 207 g/mol. The summed E-state index contributed by atoms with van der Waals surface area (Å²) in [5, 5.41) is 10.2. The Hall–Kier alpha value is -0.930. The van der Waals surface area contributed by atoms with Crippen LogP contribution in [0.15, 0.2) is 18.5 Å². The molecule has 2 atom stereocenters. The third-order valence-corrected chi connectivity index (χ3v) is 3.02. The van der Waals surface area contributed by atoms with Gasteiger partial charge in [-0.15, -0.1) is 0 Å². The topological polar surface area (TPSA) is 42.4 Å². The highest BCUT2D eigenvalue weighted by atomic mass is 16.5. The lowest BCUT2D eigenvalue weighted by Gasteiger charge is -2.27. The molecule has 1 fully saturated rings. The first kappa shape index (κ1) is 10.6. The second kappa shape index (κ2) is 4.73. The maximum atomic E-state index is 10.2. The van der Waals surface area contributed by atoms with Crippen molar-refractivity contribution in [2.75, 3.05) is 13.2 Å². The fraction of sp³-hybridized carbons (Fsp3) is 0.583. The number of pyridine rings is 1. The maximum absolute atomic E-state index is 10.2. The van der Waals surface area contributed by atoms with E-state index in [1.165, 1.54) is 0 Å². The summed E-state index contributed by atoms with van der Waals surface area (Å²) in [6.45, 7) is 3.48. The van der Waals surface area contributed by atoms with E-state index in [4.69, 9.17) is 4.74 Å². The summed E-state index contributed by atoms with van der Waals surface area (Å²) in [5.74, 6) is 0.236. The van der Waals surface area contributed by atoms with E-state index in [9.17, 15) is 5.11 Å². The number of ether oxygens (including phenoxy) is 1. The van der Waals surface area contributed by atoms with E-state index in [1.54, 1.807) is 12.4 Å². The van der Waals surface area contributed by atoms with Crippen molar-refractivity contribution < 1.29 is 9.84 Å². The predicted octanol–water partition coefficient (Wildman–Crippen LogP) is 1.85. The van der Waals surface area contributed by atoms with E-state index >= 15 is 0 Å². The Morgan fingerprint density at radius 1 is 1.60 bits per heavy atom. The second-order valence-electron chi connectivity index (χ2n) is 4.15. The molecule has 0 aliphatic carbocycles. The summed E-state index contributed by atoms with van der Waals surface area (Å²) in [6.07, 6.45) is 5.21. The van der Waals surface area contributed by atoms with Crippen LogP contribution in [-0.2, 0) is 4.74 Å². The Kier molecular flexibility index (Phi) is 3.34. The molecule has 0 saturated carbocycles. The van der Waals surface area contributed by atoms with Gasteiger partial charge in [0.2, 0.25) is 0 Å². The van der Waals surface area contributed by atoms with Crippen LogP contribution in [0.25, 0.3) is 0 Å². The van der Waals surface area contributed by atoms with E-state index < -0.39 is 6.10 Å². The number of aliphatic hydroxyl groups excluding tert-OH is 1. The van der Waals surface area contributed by atoms with Crippen LogP contribution in [0.1, 0.15) is 30.1 Å². The molecule has 1 N–H and O–H groups in total. The van der Waals surface area contributed by atoms with Gasteiger partial charge in [-0.25, -0.2) is 0 Å². The Morgan fingerprint density at radius 2 is 2.47 bits per heavy atom. The summed E-state index contributed by atoms with van der Waals surface area (Å²) in [7, 11) is 0. The zero-order chi connectivity index (χ0) is 10.7. The molecule has 1 saturated heterocycles. The molecule has 1 aromatic rings. The predicted molar refractivity (Wildman–Crippen MR) is 57.5 cm³/mol. The zero-order valence-electron chi connectivity index (χ0n) is 9.02. The number of aliphatic hydroxyl groups is 1. The lowest BCUT2D eigenvalue weighted by Crippen LogP contribution is -2.24. The molecule has 0 bridgehead atoms. The highest BCUT2D eigenvalue weighted by molar-refractivity contribution is 5.24. The second-order valence-corrected chi connectivity index (χ2v) is 4.15. The van der Waals surface area contributed by atoms with Gasteiger partial charge in [0.25, 0.3) is 0 Å². The van der Waals surface area contributed by atoms with Gasteiger partial charge < -0.3 is 9.84 Å². The number of rotatable bonds is 2. The summed E-state index contributed by atoms with van der Waals surface area (Å²) in [4.78, 5) is 4.03. The minimum Gasteiger partial charge on any atom is -0.388 e. The monoisotopic (exact) mass is 207 g/mol. The standard InChI is InChI=1S/C12H17NO2/c1-9-7-13-5-4-11(9)12(14)10-3-2-6-15-8-10/h4-5,7,10,12,14H,2-3,6,8H2,1H3. The molecule has 2 heterocycles. The van der Waals surface area contributed by atoms with Crippen LogP contribution in [0.3, 0.4) is 0 Å². The minimum absolute atomic E-state index is 0.236. The Morgan fingerprint density at radius 3 is 3.13 bits per heavy atom. The van der Waals surface area contributed by atoms with Crippen molar-refractivity contribution in [3.63, 3.8) is 0 Å². The molecule has 0 spiro atoms. The summed E-state index contributed by atoms with van der Waals surface area (Å²) in [6, 6.07) is 1.90. The van der Waals surface area contributed by atoms with E-state index in [0.29, 0.717) is 6.61 Å². The largest absolute Gasteiger partial charge is 0.388 e. The van der Waals surface area contributed by atoms with E-state index in [-0.39, 0.29) is 5.92 Å². The Labute approximate surface area is 90.1 Å². The highest BCUT2D eigenvalue weighted by Gasteiger charge is 2.24. The first-order valence-electron chi connectivity index (χ1n) is 5.45. The molecule has 15 heavy (non-hydrogen) atoms. The minimum atomic E-state index is -0.409. The normalized spacial score (nSPS) is 23.7. The van der Waals surface area contributed by atoms with Crippen molar-refractivity contribution in [3.05, 3.63) is 29.6 Å². The average Bonchev–Trinajstić information content (AvgIpc) is 2.30. The molecule has 3 heteroatoms. The third-order valence-electron chi connectivity index (χ3n) is 3.02. The van der Waals surface area contributed by atoms with Crippen LogP contribution in [0, 0.1) is 12.8 Å². The van der Waals surface area contributed by atoms with Gasteiger partial charge >= 0.3 is 0 Å². The van der Waals surface area contributed by atoms with Gasteiger partial charge in [0.1, 0.15) is 0 Å². The third kappa shape index (κ3) is 2.36. The van der Waals surface area contributed by atoms with Crippen molar-refractivity contribution in [2.45, 2.75) is 25.9 Å². The molecule has 0 radical (unpaired) electrons. The van der Waals surface area contributed by atoms with Crippen molar-refractivity contribution in [1.29, 1.82) is 0 Å². The Balaban J connectivity index is 2.12. The van der Waals surface area contributed by atoms with E-state index in [2.05, 4.69) is 4.98 Å². The van der Waals surface area contributed by atoms with Crippen LogP contribution >= 0.6 is 0 Å². The van der Waals surface area contributed by atoms with Crippen molar-refractivity contribution >= 4 is 0 Å². The van der Waals surface area contributed by atoms with Crippen LogP contribution < -0.4 is 0 Å². The van der Waals surface area contributed by atoms with Gasteiger partial charge in [-0.2, -0.15) is 0 Å². The molecule has 2 unspecified atom stereocenters. The van der Waals surface area contributed by atoms with Gasteiger partial charge in [-0.1, -0.05) is 0 Å².